The number of aryl methyl sites for hydroxylation is 2. The van der Waals surface area contributed by atoms with Crippen LogP contribution in [0.25, 0.3) is 33.3 Å². The van der Waals surface area contributed by atoms with Gasteiger partial charge in [-0.15, -0.1) is 0 Å². The first-order valence-electron chi connectivity index (χ1n) is 23.3. The molecular formula is C51H46ClF2N17O2. The van der Waals surface area contributed by atoms with Gasteiger partial charge in [-0.1, -0.05) is 11.6 Å². The molecule has 12 rings (SSSR count). The van der Waals surface area contributed by atoms with Crippen LogP contribution < -0.4 is 14.7 Å². The zero-order chi connectivity index (χ0) is 50.4. The van der Waals surface area contributed by atoms with E-state index in [2.05, 4.69) is 71.1 Å². The summed E-state index contributed by atoms with van der Waals surface area (Å²) < 4.78 is 33.1. The first-order valence-corrected chi connectivity index (χ1v) is 23.7. The fraction of sp³-hybridized carbons (Fsp3) is 0.216. The molecule has 2 aliphatic heterocycles. The van der Waals surface area contributed by atoms with Gasteiger partial charge in [-0.05, 0) is 79.9 Å². The molecule has 0 amide bonds. The van der Waals surface area contributed by atoms with Crippen LogP contribution >= 0.6 is 11.6 Å². The van der Waals surface area contributed by atoms with Crippen LogP contribution in [-0.4, -0.2) is 120 Å². The fourth-order valence-corrected chi connectivity index (χ4v) is 8.65. The maximum Gasteiger partial charge on any atom is 0.225 e. The Morgan fingerprint density at radius 1 is 0.466 bits per heavy atom. The number of carbonyl (C=O) groups is 2. The number of benzene rings is 2. The van der Waals surface area contributed by atoms with Gasteiger partial charge < -0.3 is 14.7 Å². The predicted molar refractivity (Wildman–Crippen MR) is 270 cm³/mol. The summed E-state index contributed by atoms with van der Waals surface area (Å²) in [5.74, 6) is 0.942. The molecule has 2 fully saturated rings. The van der Waals surface area contributed by atoms with E-state index in [1.54, 1.807) is 38.8 Å². The van der Waals surface area contributed by atoms with Crippen LogP contribution in [0.1, 0.15) is 51.1 Å². The Labute approximate surface area is 421 Å². The molecule has 8 aromatic heterocycles. The van der Waals surface area contributed by atoms with E-state index >= 15 is 0 Å². The minimum atomic E-state index is -0.383. The average molecular weight is 1000 g/mol. The van der Waals surface area contributed by atoms with Crippen molar-refractivity contribution >= 4 is 51.9 Å². The van der Waals surface area contributed by atoms with E-state index in [1.165, 1.54) is 73.7 Å². The molecule has 10 heterocycles. The normalized spacial score (nSPS) is 13.6. The number of hydrogen-bond donors (Lipinski definition) is 0. The summed E-state index contributed by atoms with van der Waals surface area (Å²) >= 11 is 5.97. The van der Waals surface area contributed by atoms with Gasteiger partial charge in [0.15, 0.2) is 22.5 Å². The van der Waals surface area contributed by atoms with Crippen LogP contribution in [0.4, 0.5) is 26.5 Å². The molecule has 10 aromatic rings. The Bertz CT molecular complexity index is 3510. The second-order valence-electron chi connectivity index (χ2n) is 17.3. The molecule has 73 heavy (non-hydrogen) atoms. The zero-order valence-corrected chi connectivity index (χ0v) is 40.4. The number of ketones is 2. The number of carbonyl (C=O) groups excluding carboxylic acids is 2. The van der Waals surface area contributed by atoms with Crippen molar-refractivity contribution < 1.29 is 18.4 Å². The van der Waals surface area contributed by atoms with Gasteiger partial charge in [-0.2, -0.15) is 20.4 Å². The number of nitrogens with zero attached hydrogens (tertiary/aromatic N) is 17. The summed E-state index contributed by atoms with van der Waals surface area (Å²) in [5, 5.41) is 17.3. The van der Waals surface area contributed by atoms with Crippen molar-refractivity contribution in [2.75, 3.05) is 54.0 Å². The van der Waals surface area contributed by atoms with Gasteiger partial charge in [-0.25, -0.2) is 47.7 Å². The summed E-state index contributed by atoms with van der Waals surface area (Å²) in [7, 11) is 3.77. The van der Waals surface area contributed by atoms with Crippen molar-refractivity contribution in [3.05, 3.63) is 174 Å². The molecular weight excluding hydrogens is 956 g/mol. The topological polar surface area (TPSA) is 191 Å². The Morgan fingerprint density at radius 2 is 0.904 bits per heavy atom. The van der Waals surface area contributed by atoms with E-state index in [1.807, 2.05) is 55.7 Å². The van der Waals surface area contributed by atoms with Crippen molar-refractivity contribution in [1.82, 2.24) is 68.7 Å². The summed E-state index contributed by atoms with van der Waals surface area (Å²) in [4.78, 5) is 57.2. The molecule has 19 nitrogen and oxygen atoms in total. The van der Waals surface area contributed by atoms with Crippen LogP contribution in [-0.2, 0) is 14.1 Å². The van der Waals surface area contributed by atoms with Gasteiger partial charge in [0, 0.05) is 136 Å². The molecule has 0 unspecified atom stereocenters. The molecule has 0 spiro atoms. The van der Waals surface area contributed by atoms with E-state index in [-0.39, 0.29) is 23.2 Å². The lowest BCUT2D eigenvalue weighted by molar-refractivity contribution is 0.103. The maximum absolute atomic E-state index is 13.1. The molecule has 2 aliphatic rings. The molecule has 0 saturated carbocycles. The largest absolute Gasteiger partial charge is 0.351 e. The quantitative estimate of drug-likeness (QED) is 0.131. The first kappa shape index (κ1) is 47.8. The highest BCUT2D eigenvalue weighted by Crippen LogP contribution is 2.28. The van der Waals surface area contributed by atoms with E-state index in [0.29, 0.717) is 52.4 Å². The van der Waals surface area contributed by atoms with Crippen molar-refractivity contribution in [2.45, 2.75) is 19.3 Å². The van der Waals surface area contributed by atoms with Crippen LogP contribution in [0.15, 0.2) is 135 Å². The van der Waals surface area contributed by atoms with Crippen molar-refractivity contribution in [3.8, 4) is 22.3 Å². The molecule has 2 aromatic carbocycles. The van der Waals surface area contributed by atoms with E-state index < -0.39 is 0 Å². The maximum atomic E-state index is 13.1. The highest BCUT2D eigenvalue weighted by Gasteiger charge is 2.23. The van der Waals surface area contributed by atoms with Gasteiger partial charge in [-0.3, -0.25) is 19.0 Å². The summed E-state index contributed by atoms with van der Waals surface area (Å²) in [6.45, 7) is 4.81. The minimum absolute atomic E-state index is 0.194. The molecule has 2 saturated heterocycles. The van der Waals surface area contributed by atoms with Crippen LogP contribution in [0.5, 0.6) is 0 Å². The molecule has 0 aliphatic carbocycles. The molecule has 0 atom stereocenters. The van der Waals surface area contributed by atoms with Gasteiger partial charge in [0.25, 0.3) is 0 Å². The van der Waals surface area contributed by atoms with Gasteiger partial charge in [0.1, 0.15) is 35.3 Å². The number of fused-ring (bicyclic) bond motifs is 2. The SMILES string of the molecule is Cn1cc(-c2cc3c(Cl)ncnn3c2)cn1.Cn1cc(-c2cc3c(N4CCN(c5ncc(C(=O)c6ccc(F)cc6)cn5)CC4)ncnn3c2)cn1.O=C(c1ccc(F)cc1)c1cnc(N2CCCCC2)nc1. The second-order valence-corrected chi connectivity index (χ2v) is 17.7. The zero-order valence-electron chi connectivity index (χ0n) is 39.6. The van der Waals surface area contributed by atoms with Gasteiger partial charge >= 0.3 is 0 Å². The number of hydrogen-bond acceptors (Lipinski definition) is 15. The molecule has 0 radical (unpaired) electrons. The Morgan fingerprint density at radius 3 is 1.37 bits per heavy atom. The highest BCUT2D eigenvalue weighted by molar-refractivity contribution is 6.32. The second kappa shape index (κ2) is 21.2. The Hall–Kier alpha value is -8.85. The molecule has 0 bridgehead atoms. The summed E-state index contributed by atoms with van der Waals surface area (Å²) in [6.07, 6.45) is 24.1. The predicted octanol–water partition coefficient (Wildman–Crippen LogP) is 7.24. The van der Waals surface area contributed by atoms with Crippen molar-refractivity contribution in [1.29, 1.82) is 0 Å². The number of halogens is 3. The smallest absolute Gasteiger partial charge is 0.225 e. The van der Waals surface area contributed by atoms with Gasteiger partial charge in [0.05, 0.1) is 23.5 Å². The molecule has 368 valence electrons. The Kier molecular flexibility index (Phi) is 13.9. The van der Waals surface area contributed by atoms with Crippen molar-refractivity contribution in [3.63, 3.8) is 0 Å². The minimum Gasteiger partial charge on any atom is -0.351 e. The number of piperazine rings is 1. The lowest BCUT2D eigenvalue weighted by Gasteiger charge is -2.35. The summed E-state index contributed by atoms with van der Waals surface area (Å²) in [5.41, 5.74) is 7.46. The third-order valence-corrected chi connectivity index (χ3v) is 12.6. The molecule has 0 N–H and O–H groups in total. The summed E-state index contributed by atoms with van der Waals surface area (Å²) in [6, 6.07) is 15.0. The van der Waals surface area contributed by atoms with E-state index in [9.17, 15) is 18.4 Å². The van der Waals surface area contributed by atoms with Crippen molar-refractivity contribution in [2.24, 2.45) is 14.1 Å². The highest BCUT2D eigenvalue weighted by atomic mass is 35.5. The number of piperidine rings is 1. The van der Waals surface area contributed by atoms with E-state index in [4.69, 9.17) is 11.6 Å². The third kappa shape index (κ3) is 10.9. The fourth-order valence-electron chi connectivity index (χ4n) is 8.47. The number of rotatable bonds is 9. The Balaban J connectivity index is 0.000000139. The van der Waals surface area contributed by atoms with E-state index in [0.717, 1.165) is 78.1 Å². The number of aromatic nitrogens is 14. The van der Waals surface area contributed by atoms with Crippen LogP contribution in [0.2, 0.25) is 5.15 Å². The van der Waals surface area contributed by atoms with Crippen LogP contribution in [0, 0.1) is 11.6 Å². The number of anilines is 3. The first-order chi connectivity index (χ1) is 35.5. The third-order valence-electron chi connectivity index (χ3n) is 12.3. The van der Waals surface area contributed by atoms with Gasteiger partial charge in [0.2, 0.25) is 11.9 Å². The monoisotopic (exact) mass is 1000 g/mol. The lowest BCUT2D eigenvalue weighted by atomic mass is 10.1. The molecule has 22 heteroatoms. The average Bonchev–Trinajstić information content (AvgIpc) is 4.27. The standard InChI is InChI=1S/C25H22FN9O.C16H16FN3O.C10H8ClN5/c1-32-14-20(13-30-32)18-10-22-24(29-16-31-35(22)15-18)33-6-8-34(9-7-33)25-27-11-19(12-28-25)23(36)17-2-4-21(26)5-3-17;17-14-6-4-12(5-7-14)15(21)13-10-18-16(19-11-13)20-8-2-1-3-9-20;1-15-4-8(3-13-15)7-2-9-10(11)12-6-14-16(9)5-7/h2-5,10-16H,6-9H2,1H3;4-7,10-11H,1-3,8-9H2;2-6H,1H3. The van der Waals surface area contributed by atoms with Crippen LogP contribution in [0.3, 0.4) is 0 Å². The lowest BCUT2D eigenvalue weighted by Crippen LogP contribution is -2.47.